The molecule has 0 saturated carbocycles. The summed E-state index contributed by atoms with van der Waals surface area (Å²) in [5, 5.41) is 14.1. The van der Waals surface area contributed by atoms with Crippen molar-refractivity contribution < 1.29 is 14.6 Å². The molecular weight excluding hydrogens is 442 g/mol. The molecule has 166 valence electrons. The lowest BCUT2D eigenvalue weighted by Gasteiger charge is -2.37. The number of phenolic OH excluding ortho intramolecular Hbond substituents is 1. The number of nitrogens with zero attached hydrogens (tertiary/aromatic N) is 2. The van der Waals surface area contributed by atoms with Crippen LogP contribution in [0.3, 0.4) is 0 Å². The molecule has 0 bridgehead atoms. The number of rotatable bonds is 4. The second-order valence-corrected chi connectivity index (χ2v) is 9.13. The molecule has 2 aromatic carbocycles. The van der Waals surface area contributed by atoms with Crippen molar-refractivity contribution in [1.29, 1.82) is 0 Å². The Kier molecular flexibility index (Phi) is 6.62. The predicted molar refractivity (Wildman–Crippen MR) is 134 cm³/mol. The molecule has 6 nitrogen and oxygen atoms in total. The van der Waals surface area contributed by atoms with Crippen LogP contribution in [-0.4, -0.2) is 54.4 Å². The average molecular weight is 468 g/mol. The summed E-state index contributed by atoms with van der Waals surface area (Å²) in [7, 11) is 1.40. The topological polar surface area (TPSA) is 65.0 Å². The Morgan fingerprint density at radius 1 is 1.06 bits per heavy atom. The van der Waals surface area contributed by atoms with Crippen molar-refractivity contribution in [3.05, 3.63) is 65.0 Å². The smallest absolute Gasteiger partial charge is 0.341 e. The van der Waals surface area contributed by atoms with Crippen molar-refractivity contribution in [2.24, 2.45) is 0 Å². The molecule has 1 saturated heterocycles. The van der Waals surface area contributed by atoms with Crippen molar-refractivity contribution in [1.82, 2.24) is 4.90 Å². The van der Waals surface area contributed by atoms with Crippen LogP contribution in [0.25, 0.3) is 11.1 Å². The van der Waals surface area contributed by atoms with Gasteiger partial charge in [0.05, 0.1) is 7.11 Å². The lowest BCUT2D eigenvalue weighted by Crippen LogP contribution is -2.50. The minimum absolute atomic E-state index is 0.264. The second kappa shape index (κ2) is 9.58. The minimum atomic E-state index is -0.379. The first-order valence-corrected chi connectivity index (χ1v) is 11.6. The van der Waals surface area contributed by atoms with E-state index in [0.29, 0.717) is 15.7 Å². The number of piperazine rings is 1. The first-order valence-electron chi connectivity index (χ1n) is 10.3. The summed E-state index contributed by atoms with van der Waals surface area (Å²) in [5.41, 5.74) is 3.45. The Balaban J connectivity index is 1.50. The minimum Gasteiger partial charge on any atom is -0.508 e. The number of methoxy groups -OCH3 is 1. The van der Waals surface area contributed by atoms with Crippen LogP contribution >= 0.6 is 23.6 Å². The first kappa shape index (κ1) is 22.1. The quantitative estimate of drug-likeness (QED) is 0.425. The number of ether oxygens (including phenoxy) is 1. The third kappa shape index (κ3) is 4.56. The van der Waals surface area contributed by atoms with Crippen LogP contribution in [-0.2, 0) is 4.74 Å². The number of aryl methyl sites for hydroxylation is 1. The molecular formula is C24H25N3O3S2. The second-order valence-electron chi connectivity index (χ2n) is 7.52. The molecule has 4 rings (SSSR count). The zero-order valence-corrected chi connectivity index (χ0v) is 19.6. The Morgan fingerprint density at radius 2 is 1.72 bits per heavy atom. The normalized spacial score (nSPS) is 13.7. The van der Waals surface area contributed by atoms with E-state index < -0.39 is 0 Å². The van der Waals surface area contributed by atoms with E-state index in [4.69, 9.17) is 17.0 Å². The molecule has 1 aliphatic heterocycles. The van der Waals surface area contributed by atoms with Crippen LogP contribution in [0.4, 0.5) is 10.7 Å². The first-order chi connectivity index (χ1) is 15.5. The predicted octanol–water partition coefficient (Wildman–Crippen LogP) is 4.73. The lowest BCUT2D eigenvalue weighted by atomic mass is 10.0. The Labute approximate surface area is 197 Å². The van der Waals surface area contributed by atoms with Gasteiger partial charge in [-0.3, -0.25) is 0 Å². The van der Waals surface area contributed by atoms with Crippen LogP contribution in [0.5, 0.6) is 5.75 Å². The fourth-order valence-electron chi connectivity index (χ4n) is 3.89. The standard InChI is InChI=1S/C24H25N3O3S2/c1-16-20(17-6-4-3-5-7-17)21(23(29)30-2)22(32-16)25-24(31)27-14-12-26(13-15-27)18-8-10-19(28)11-9-18/h3-11,28H,12-15H2,1-2H3,(H,25,31). The molecule has 2 N–H and O–H groups in total. The number of esters is 1. The van der Waals surface area contributed by atoms with Crippen LogP contribution in [0.15, 0.2) is 54.6 Å². The number of nitrogens with one attached hydrogen (secondary N) is 1. The number of thiophene rings is 1. The van der Waals surface area contributed by atoms with E-state index in [1.165, 1.54) is 18.4 Å². The van der Waals surface area contributed by atoms with Crippen molar-refractivity contribution in [3.8, 4) is 16.9 Å². The third-order valence-corrected chi connectivity index (χ3v) is 6.92. The molecule has 0 spiro atoms. The summed E-state index contributed by atoms with van der Waals surface area (Å²) >= 11 is 7.21. The van der Waals surface area contributed by atoms with Gasteiger partial charge in [-0.15, -0.1) is 11.3 Å². The highest BCUT2D eigenvalue weighted by atomic mass is 32.1. The van der Waals surface area contributed by atoms with E-state index in [1.807, 2.05) is 49.4 Å². The van der Waals surface area contributed by atoms with Gasteiger partial charge in [0, 0.05) is 42.3 Å². The summed E-state index contributed by atoms with van der Waals surface area (Å²) in [6, 6.07) is 17.1. The van der Waals surface area contributed by atoms with E-state index in [0.717, 1.165) is 47.9 Å². The molecule has 0 unspecified atom stereocenters. The number of hydrogen-bond donors (Lipinski definition) is 2. The van der Waals surface area contributed by atoms with E-state index in [9.17, 15) is 9.90 Å². The maximum atomic E-state index is 12.7. The lowest BCUT2D eigenvalue weighted by molar-refractivity contribution is 0.0603. The van der Waals surface area contributed by atoms with Gasteiger partial charge >= 0.3 is 5.97 Å². The average Bonchev–Trinajstić information content (AvgIpc) is 3.15. The summed E-state index contributed by atoms with van der Waals surface area (Å²) in [5.74, 6) is -0.115. The van der Waals surface area contributed by atoms with Gasteiger partial charge in [0.1, 0.15) is 16.3 Å². The van der Waals surface area contributed by atoms with E-state index in [1.54, 1.807) is 12.1 Å². The van der Waals surface area contributed by atoms with Gasteiger partial charge in [-0.1, -0.05) is 30.3 Å². The van der Waals surface area contributed by atoms with E-state index in [-0.39, 0.29) is 11.7 Å². The number of phenols is 1. The van der Waals surface area contributed by atoms with Crippen molar-refractivity contribution in [3.63, 3.8) is 0 Å². The number of anilines is 2. The Bertz CT molecular complexity index is 1110. The molecule has 3 aromatic rings. The largest absolute Gasteiger partial charge is 0.508 e. The monoisotopic (exact) mass is 467 g/mol. The van der Waals surface area contributed by atoms with Gasteiger partial charge < -0.3 is 25.0 Å². The number of aromatic hydroxyl groups is 1. The van der Waals surface area contributed by atoms with Gasteiger partial charge in [-0.2, -0.15) is 0 Å². The molecule has 0 aliphatic carbocycles. The van der Waals surface area contributed by atoms with Crippen LogP contribution in [0, 0.1) is 6.92 Å². The van der Waals surface area contributed by atoms with Crippen molar-refractivity contribution in [2.75, 3.05) is 43.5 Å². The van der Waals surface area contributed by atoms with Gasteiger partial charge in [-0.25, -0.2) is 4.79 Å². The molecule has 1 fully saturated rings. The van der Waals surface area contributed by atoms with Crippen LogP contribution in [0.2, 0.25) is 0 Å². The summed E-state index contributed by atoms with van der Waals surface area (Å²) in [6.45, 7) is 5.15. The number of thiocarbonyl (C=S) groups is 1. The number of hydrogen-bond acceptors (Lipinski definition) is 6. The van der Waals surface area contributed by atoms with Gasteiger partial charge in [0.15, 0.2) is 5.11 Å². The molecule has 1 aromatic heterocycles. The molecule has 0 radical (unpaired) electrons. The molecule has 8 heteroatoms. The molecule has 0 atom stereocenters. The molecule has 2 heterocycles. The van der Waals surface area contributed by atoms with Crippen LogP contribution in [0.1, 0.15) is 15.2 Å². The fourth-order valence-corrected chi connectivity index (χ4v) is 5.30. The highest BCUT2D eigenvalue weighted by molar-refractivity contribution is 7.80. The summed E-state index contributed by atoms with van der Waals surface area (Å²) in [4.78, 5) is 18.1. The zero-order chi connectivity index (χ0) is 22.7. The number of benzene rings is 2. The van der Waals surface area contributed by atoms with Crippen molar-refractivity contribution >= 4 is 45.3 Å². The van der Waals surface area contributed by atoms with Gasteiger partial charge in [0.2, 0.25) is 0 Å². The molecule has 32 heavy (non-hydrogen) atoms. The van der Waals surface area contributed by atoms with Gasteiger partial charge in [-0.05, 0) is 49.0 Å². The SMILES string of the molecule is COC(=O)c1c(NC(=S)N2CCN(c3ccc(O)cc3)CC2)sc(C)c1-c1ccccc1. The van der Waals surface area contributed by atoms with Crippen LogP contribution < -0.4 is 10.2 Å². The highest BCUT2D eigenvalue weighted by Gasteiger charge is 2.26. The fraction of sp³-hybridized carbons (Fsp3) is 0.250. The summed E-state index contributed by atoms with van der Waals surface area (Å²) in [6.07, 6.45) is 0. The van der Waals surface area contributed by atoms with Gasteiger partial charge in [0.25, 0.3) is 0 Å². The Hall–Kier alpha value is -3.10. The highest BCUT2D eigenvalue weighted by Crippen LogP contribution is 2.40. The number of carbonyl (C=O) groups is 1. The molecule has 0 amide bonds. The molecule has 1 aliphatic rings. The Morgan fingerprint density at radius 3 is 2.34 bits per heavy atom. The van der Waals surface area contributed by atoms with E-state index >= 15 is 0 Å². The summed E-state index contributed by atoms with van der Waals surface area (Å²) < 4.78 is 5.10. The maximum absolute atomic E-state index is 12.7. The van der Waals surface area contributed by atoms with Crippen molar-refractivity contribution in [2.45, 2.75) is 6.92 Å². The maximum Gasteiger partial charge on any atom is 0.341 e. The van der Waals surface area contributed by atoms with E-state index in [2.05, 4.69) is 15.1 Å². The number of carbonyl (C=O) groups excluding carboxylic acids is 1. The third-order valence-electron chi connectivity index (χ3n) is 5.54. The zero-order valence-electron chi connectivity index (χ0n) is 18.0.